The van der Waals surface area contributed by atoms with Crippen molar-refractivity contribution in [2.75, 3.05) is 18.9 Å². The van der Waals surface area contributed by atoms with Crippen molar-refractivity contribution >= 4 is 32.6 Å². The van der Waals surface area contributed by atoms with Gasteiger partial charge in [-0.15, -0.1) is 0 Å². The van der Waals surface area contributed by atoms with Crippen LogP contribution in [0.5, 0.6) is 0 Å². The second-order valence-electron chi connectivity index (χ2n) is 9.55. The summed E-state index contributed by atoms with van der Waals surface area (Å²) in [7, 11) is -9.84. The number of imidazole rings is 1. The third kappa shape index (κ3) is 6.69. The number of aryl methyl sites for hydroxylation is 1. The zero-order valence-corrected chi connectivity index (χ0v) is 23.5. The highest BCUT2D eigenvalue weighted by atomic mass is 31.2. The minimum absolute atomic E-state index is 0.0805. The molecule has 2 saturated heterocycles. The number of nitrogen functional groups attached to an aromatic ring is 1. The molecule has 3 aromatic heterocycles. The van der Waals surface area contributed by atoms with Crippen molar-refractivity contribution in [3.05, 3.63) is 45.3 Å². The van der Waals surface area contributed by atoms with E-state index in [4.69, 9.17) is 34.0 Å². The SMILES string of the molecule is Cc1cn(C2CC(O)C(COP(=O)(O)OC3CC(n4cnc5c(N)ncnc54)OC3COP(=O)(O)O)O2)c(=O)[nH]c1=O. The fourth-order valence-corrected chi connectivity index (χ4v) is 5.89. The molecule has 42 heavy (non-hydrogen) atoms. The lowest BCUT2D eigenvalue weighted by molar-refractivity contribution is -0.0562. The Bertz CT molecular complexity index is 1670. The van der Waals surface area contributed by atoms with E-state index in [1.54, 1.807) is 0 Å². The van der Waals surface area contributed by atoms with Crippen molar-refractivity contribution in [1.82, 2.24) is 29.1 Å². The summed E-state index contributed by atoms with van der Waals surface area (Å²) in [6, 6.07) is 0. The number of nitrogens with one attached hydrogen (secondary N) is 1. The molecule has 20 nitrogen and oxygen atoms in total. The molecule has 2 aliphatic rings. The van der Waals surface area contributed by atoms with Gasteiger partial charge in [-0.2, -0.15) is 0 Å². The molecule has 0 saturated carbocycles. The maximum atomic E-state index is 12.9. The van der Waals surface area contributed by atoms with Crippen LogP contribution in [-0.4, -0.2) is 86.5 Å². The lowest BCUT2D eigenvalue weighted by Crippen LogP contribution is -2.33. The maximum Gasteiger partial charge on any atom is 0.472 e. The average Bonchev–Trinajstić information content (AvgIpc) is 3.60. The van der Waals surface area contributed by atoms with E-state index in [1.807, 2.05) is 0 Å². The Morgan fingerprint density at radius 3 is 2.48 bits per heavy atom. The molecule has 0 radical (unpaired) electrons. The summed E-state index contributed by atoms with van der Waals surface area (Å²) in [5, 5.41) is 10.4. The number of aliphatic hydroxyl groups excluding tert-OH is 1. The normalized spacial score (nSPS) is 27.9. The van der Waals surface area contributed by atoms with Gasteiger partial charge in [-0.3, -0.25) is 32.5 Å². The summed E-state index contributed by atoms with van der Waals surface area (Å²) in [4.78, 5) is 66.8. The molecule has 0 aliphatic carbocycles. The first-order valence-corrected chi connectivity index (χ1v) is 15.3. The molecular formula is C20H27N7O13P2. The van der Waals surface area contributed by atoms with Crippen LogP contribution in [0.4, 0.5) is 5.82 Å². The van der Waals surface area contributed by atoms with Crippen LogP contribution in [0.2, 0.25) is 0 Å². The molecule has 0 amide bonds. The van der Waals surface area contributed by atoms with Gasteiger partial charge in [0.05, 0.1) is 25.6 Å². The van der Waals surface area contributed by atoms with Gasteiger partial charge in [0, 0.05) is 24.6 Å². The van der Waals surface area contributed by atoms with Crippen molar-refractivity contribution in [1.29, 1.82) is 0 Å². The number of rotatable bonds is 10. The monoisotopic (exact) mass is 635 g/mol. The summed E-state index contributed by atoms with van der Waals surface area (Å²) >= 11 is 0. The van der Waals surface area contributed by atoms with Crippen molar-refractivity contribution in [3.8, 4) is 0 Å². The molecule has 7 unspecified atom stereocenters. The fraction of sp³-hybridized carbons (Fsp3) is 0.550. The number of hydrogen-bond donors (Lipinski definition) is 6. The molecule has 2 fully saturated rings. The lowest BCUT2D eigenvalue weighted by atomic mass is 10.2. The van der Waals surface area contributed by atoms with Gasteiger partial charge in [0.1, 0.15) is 42.6 Å². The van der Waals surface area contributed by atoms with Crippen LogP contribution in [0.1, 0.15) is 30.9 Å². The Morgan fingerprint density at radius 2 is 1.74 bits per heavy atom. The van der Waals surface area contributed by atoms with E-state index >= 15 is 0 Å². The summed E-state index contributed by atoms with van der Waals surface area (Å²) in [5.41, 5.74) is 5.24. The summed E-state index contributed by atoms with van der Waals surface area (Å²) < 4.78 is 53.0. The van der Waals surface area contributed by atoms with E-state index in [2.05, 4.69) is 24.5 Å². The molecule has 7 atom stereocenters. The predicted molar refractivity (Wildman–Crippen MR) is 138 cm³/mol. The van der Waals surface area contributed by atoms with Crippen LogP contribution in [-0.2, 0) is 32.2 Å². The molecule has 2 aliphatic heterocycles. The molecule has 3 aromatic rings. The zero-order valence-electron chi connectivity index (χ0n) is 21.7. The number of aliphatic hydroxyl groups is 1. The van der Waals surface area contributed by atoms with E-state index < -0.39 is 77.0 Å². The van der Waals surface area contributed by atoms with E-state index in [9.17, 15) is 28.7 Å². The number of hydrogen-bond acceptors (Lipinski definition) is 14. The van der Waals surface area contributed by atoms with Gasteiger partial charge in [0.25, 0.3) is 5.56 Å². The Morgan fingerprint density at radius 1 is 1.05 bits per heavy atom. The third-order valence-corrected chi connectivity index (χ3v) is 8.11. The summed E-state index contributed by atoms with van der Waals surface area (Å²) in [6.45, 7) is 0.133. The van der Waals surface area contributed by atoms with Crippen LogP contribution in [0.15, 0.2) is 28.4 Å². The fourth-order valence-electron chi connectivity index (χ4n) is 4.59. The summed E-state index contributed by atoms with van der Waals surface area (Å²) in [6.07, 6.45) is -3.22. The first kappa shape index (κ1) is 30.6. The van der Waals surface area contributed by atoms with Gasteiger partial charge in [0.15, 0.2) is 11.5 Å². The highest BCUT2D eigenvalue weighted by Gasteiger charge is 2.44. The van der Waals surface area contributed by atoms with Gasteiger partial charge in [0.2, 0.25) is 0 Å². The number of nitrogens with two attached hydrogens (primary N) is 1. The molecule has 0 spiro atoms. The van der Waals surface area contributed by atoms with Gasteiger partial charge in [-0.1, -0.05) is 0 Å². The molecule has 0 bridgehead atoms. The quantitative estimate of drug-likeness (QED) is 0.143. The number of anilines is 1. The van der Waals surface area contributed by atoms with Crippen LogP contribution >= 0.6 is 15.6 Å². The number of ether oxygens (including phenoxy) is 2. The number of aromatic nitrogens is 6. The zero-order chi connectivity index (χ0) is 30.4. The van der Waals surface area contributed by atoms with E-state index in [-0.39, 0.29) is 35.4 Å². The van der Waals surface area contributed by atoms with Crippen molar-refractivity contribution in [2.45, 2.75) is 56.6 Å². The topological polar surface area (TPSA) is 286 Å². The standard InChI is InChI=1S/C20H27N7O13P2/c1-9-4-26(20(30)25-19(9)29)14-2-10(28)12(38-14)5-37-42(34,35)40-11-3-15(39-13(11)6-36-41(31,32)33)27-8-24-16-17(21)22-7-23-18(16)27/h4,7-8,10-15,28H,2-3,5-6H2,1H3,(H,34,35)(H2,21,22,23)(H,25,29,30)(H2,31,32,33). The van der Waals surface area contributed by atoms with Gasteiger partial charge in [-0.05, 0) is 6.92 Å². The minimum atomic E-state index is -4.94. The Kier molecular flexibility index (Phi) is 8.49. The third-order valence-electron chi connectivity index (χ3n) is 6.62. The maximum absolute atomic E-state index is 12.9. The lowest BCUT2D eigenvalue weighted by Gasteiger charge is -2.22. The molecule has 0 aromatic carbocycles. The molecule has 5 heterocycles. The largest absolute Gasteiger partial charge is 0.472 e. The Hall–Kier alpha value is -2.87. The second-order valence-corrected chi connectivity index (χ2v) is 12.2. The van der Waals surface area contributed by atoms with Crippen LogP contribution in [0.25, 0.3) is 11.2 Å². The number of phosphoric ester groups is 2. The van der Waals surface area contributed by atoms with Gasteiger partial charge >= 0.3 is 21.3 Å². The Labute approximate surface area is 234 Å². The molecule has 230 valence electrons. The number of phosphoric acid groups is 2. The summed E-state index contributed by atoms with van der Waals surface area (Å²) in [5.74, 6) is 0.0957. The molecule has 7 N–H and O–H groups in total. The number of nitrogens with zero attached hydrogens (tertiary/aromatic N) is 5. The second kappa shape index (κ2) is 11.7. The van der Waals surface area contributed by atoms with Crippen LogP contribution in [0, 0.1) is 6.92 Å². The van der Waals surface area contributed by atoms with Crippen LogP contribution < -0.4 is 17.0 Å². The highest BCUT2D eigenvalue weighted by molar-refractivity contribution is 7.47. The molecular weight excluding hydrogens is 608 g/mol. The van der Waals surface area contributed by atoms with E-state index in [0.717, 1.165) is 4.57 Å². The van der Waals surface area contributed by atoms with Crippen molar-refractivity contribution in [2.24, 2.45) is 0 Å². The average molecular weight is 635 g/mol. The number of H-pyrrole nitrogens is 1. The Balaban J connectivity index is 1.26. The van der Waals surface area contributed by atoms with E-state index in [0.29, 0.717) is 0 Å². The predicted octanol–water partition coefficient (Wildman–Crippen LogP) is -1.19. The number of aromatic amines is 1. The van der Waals surface area contributed by atoms with Gasteiger partial charge < -0.3 is 35.0 Å². The van der Waals surface area contributed by atoms with Crippen molar-refractivity contribution < 1.29 is 52.0 Å². The van der Waals surface area contributed by atoms with Crippen LogP contribution in [0.3, 0.4) is 0 Å². The first-order chi connectivity index (χ1) is 19.7. The van der Waals surface area contributed by atoms with Gasteiger partial charge in [-0.25, -0.2) is 28.9 Å². The van der Waals surface area contributed by atoms with Crippen molar-refractivity contribution in [3.63, 3.8) is 0 Å². The smallest absolute Gasteiger partial charge is 0.390 e. The first-order valence-electron chi connectivity index (χ1n) is 12.3. The number of fused-ring (bicyclic) bond motifs is 1. The van der Waals surface area contributed by atoms with E-state index in [1.165, 1.54) is 30.3 Å². The molecule has 5 rings (SSSR count). The highest BCUT2D eigenvalue weighted by Crippen LogP contribution is 2.50. The molecule has 22 heteroatoms. The minimum Gasteiger partial charge on any atom is -0.390 e.